The molecule has 3 N–H and O–H groups in total. The van der Waals surface area contributed by atoms with E-state index >= 15 is 0 Å². The first kappa shape index (κ1) is 16.8. The molecule has 1 aromatic rings. The number of hydrogen-bond acceptors (Lipinski definition) is 3. The van der Waals surface area contributed by atoms with E-state index in [1.54, 1.807) is 7.11 Å². The van der Waals surface area contributed by atoms with E-state index in [1.807, 2.05) is 38.1 Å². The Labute approximate surface area is 124 Å². The minimum Gasteiger partial charge on any atom is -0.497 e. The summed E-state index contributed by atoms with van der Waals surface area (Å²) in [5.41, 5.74) is 0.910. The van der Waals surface area contributed by atoms with E-state index in [1.165, 1.54) is 0 Å². The van der Waals surface area contributed by atoms with Crippen molar-refractivity contribution in [1.82, 2.24) is 10.6 Å². The molecule has 0 saturated heterocycles. The fraction of sp³-hybridized carbons (Fsp3) is 0.467. The van der Waals surface area contributed by atoms with Gasteiger partial charge in [-0.1, -0.05) is 25.5 Å². The molecule has 0 fully saturated rings. The topological polar surface area (TPSA) is 87.7 Å². The summed E-state index contributed by atoms with van der Waals surface area (Å²) in [7, 11) is 1.59. The van der Waals surface area contributed by atoms with Crippen LogP contribution in [0.5, 0.6) is 5.75 Å². The van der Waals surface area contributed by atoms with Crippen molar-refractivity contribution in [3.05, 3.63) is 29.8 Å². The zero-order valence-electron chi connectivity index (χ0n) is 12.6. The van der Waals surface area contributed by atoms with E-state index < -0.39 is 18.0 Å². The number of urea groups is 1. The van der Waals surface area contributed by atoms with E-state index in [9.17, 15) is 9.59 Å². The van der Waals surface area contributed by atoms with Gasteiger partial charge in [0.05, 0.1) is 13.2 Å². The highest BCUT2D eigenvalue weighted by Crippen LogP contribution is 2.17. The number of carboxylic acids is 1. The highest BCUT2D eigenvalue weighted by atomic mass is 16.5. The van der Waals surface area contributed by atoms with Gasteiger partial charge in [0.2, 0.25) is 0 Å². The lowest BCUT2D eigenvalue weighted by atomic mass is 10.1. The van der Waals surface area contributed by atoms with Gasteiger partial charge < -0.3 is 20.5 Å². The quantitative estimate of drug-likeness (QED) is 0.720. The summed E-state index contributed by atoms with van der Waals surface area (Å²) in [6, 6.07) is 5.74. The van der Waals surface area contributed by atoms with Crippen molar-refractivity contribution in [1.29, 1.82) is 0 Å². The van der Waals surface area contributed by atoms with Gasteiger partial charge >= 0.3 is 12.0 Å². The highest BCUT2D eigenvalue weighted by Gasteiger charge is 2.19. The Bertz CT molecular complexity index is 473. The van der Waals surface area contributed by atoms with Crippen LogP contribution in [-0.4, -0.2) is 30.3 Å². The molecule has 2 amide bonds. The van der Waals surface area contributed by atoms with Crippen LogP contribution < -0.4 is 15.4 Å². The Balaban J connectivity index is 2.58. The van der Waals surface area contributed by atoms with Crippen LogP contribution in [-0.2, 0) is 4.79 Å². The Kier molecular flexibility index (Phi) is 6.52. The van der Waals surface area contributed by atoms with Gasteiger partial charge in [-0.15, -0.1) is 0 Å². The molecule has 0 aliphatic rings. The molecule has 2 atom stereocenters. The molecule has 0 aliphatic heterocycles. The third-order valence-corrected chi connectivity index (χ3v) is 3.14. The maximum Gasteiger partial charge on any atom is 0.326 e. The minimum absolute atomic E-state index is 0.230. The third kappa shape index (κ3) is 5.33. The molecule has 116 valence electrons. The van der Waals surface area contributed by atoms with Crippen LogP contribution >= 0.6 is 0 Å². The maximum atomic E-state index is 11.8. The number of methoxy groups -OCH3 is 1. The van der Waals surface area contributed by atoms with Gasteiger partial charge in [0.1, 0.15) is 11.8 Å². The van der Waals surface area contributed by atoms with Gasteiger partial charge in [-0.25, -0.2) is 9.59 Å². The first-order valence-electron chi connectivity index (χ1n) is 6.91. The molecular formula is C15H22N2O4. The molecule has 1 rings (SSSR count). The number of hydrogen-bond donors (Lipinski definition) is 3. The smallest absolute Gasteiger partial charge is 0.326 e. The number of ether oxygens (including phenoxy) is 1. The molecule has 0 radical (unpaired) electrons. The number of amides is 2. The average Bonchev–Trinajstić information content (AvgIpc) is 2.46. The largest absolute Gasteiger partial charge is 0.497 e. The Morgan fingerprint density at radius 3 is 2.33 bits per heavy atom. The summed E-state index contributed by atoms with van der Waals surface area (Å²) in [5, 5.41) is 14.2. The molecular weight excluding hydrogens is 272 g/mol. The minimum atomic E-state index is -1.02. The molecule has 1 aromatic carbocycles. The normalized spacial score (nSPS) is 13.1. The Morgan fingerprint density at radius 2 is 1.86 bits per heavy atom. The van der Waals surface area contributed by atoms with Crippen molar-refractivity contribution < 1.29 is 19.4 Å². The summed E-state index contributed by atoms with van der Waals surface area (Å²) in [5.74, 6) is -0.284. The molecule has 21 heavy (non-hydrogen) atoms. The van der Waals surface area contributed by atoms with Crippen LogP contribution in [0.15, 0.2) is 24.3 Å². The Morgan fingerprint density at radius 1 is 1.24 bits per heavy atom. The van der Waals surface area contributed by atoms with Crippen molar-refractivity contribution in [3.63, 3.8) is 0 Å². The zero-order chi connectivity index (χ0) is 15.8. The van der Waals surface area contributed by atoms with Crippen molar-refractivity contribution in [2.24, 2.45) is 0 Å². The lowest BCUT2D eigenvalue weighted by Crippen LogP contribution is -2.46. The summed E-state index contributed by atoms with van der Waals surface area (Å²) >= 11 is 0. The monoisotopic (exact) mass is 294 g/mol. The maximum absolute atomic E-state index is 11.8. The fourth-order valence-corrected chi connectivity index (χ4v) is 1.92. The van der Waals surface area contributed by atoms with Crippen LogP contribution in [0.3, 0.4) is 0 Å². The summed E-state index contributed by atoms with van der Waals surface area (Å²) in [6.45, 7) is 3.70. The third-order valence-electron chi connectivity index (χ3n) is 3.14. The van der Waals surface area contributed by atoms with Gasteiger partial charge in [0, 0.05) is 0 Å². The molecule has 1 unspecified atom stereocenters. The molecule has 6 heteroatoms. The standard InChI is InChI=1S/C15H22N2O4/c1-4-5-13(14(18)19)17-15(20)16-10(2)11-6-8-12(21-3)9-7-11/h6-10,13H,4-5H2,1-3H3,(H,18,19)(H2,16,17,20)/t10?,13-/m1/s1. The number of carbonyl (C=O) groups is 2. The second-order valence-electron chi connectivity index (χ2n) is 4.79. The van der Waals surface area contributed by atoms with Crippen LogP contribution in [0.25, 0.3) is 0 Å². The molecule has 0 saturated carbocycles. The lowest BCUT2D eigenvalue weighted by Gasteiger charge is -2.18. The van der Waals surface area contributed by atoms with Crippen LogP contribution in [0, 0.1) is 0 Å². The summed E-state index contributed by atoms with van der Waals surface area (Å²) in [4.78, 5) is 22.8. The SMILES string of the molecule is CCC[C@@H](NC(=O)NC(C)c1ccc(OC)cc1)C(=O)O. The summed E-state index contributed by atoms with van der Waals surface area (Å²) in [6.07, 6.45) is 1.09. The van der Waals surface area contributed by atoms with Gasteiger partial charge in [0.15, 0.2) is 0 Å². The van der Waals surface area contributed by atoms with Gasteiger partial charge in [0.25, 0.3) is 0 Å². The zero-order valence-corrected chi connectivity index (χ0v) is 12.6. The molecule has 0 aromatic heterocycles. The van der Waals surface area contributed by atoms with Crippen LogP contribution in [0.2, 0.25) is 0 Å². The Hall–Kier alpha value is -2.24. The molecule has 0 bridgehead atoms. The highest BCUT2D eigenvalue weighted by molar-refractivity contribution is 5.82. The first-order chi connectivity index (χ1) is 9.97. The first-order valence-corrected chi connectivity index (χ1v) is 6.91. The van der Waals surface area contributed by atoms with E-state index in [2.05, 4.69) is 10.6 Å². The number of carboxylic acid groups (broad SMARTS) is 1. The molecule has 0 heterocycles. The fourth-order valence-electron chi connectivity index (χ4n) is 1.92. The van der Waals surface area contributed by atoms with E-state index in [0.29, 0.717) is 12.8 Å². The predicted molar refractivity (Wildman–Crippen MR) is 79.4 cm³/mol. The van der Waals surface area contributed by atoms with E-state index in [0.717, 1.165) is 11.3 Å². The summed E-state index contributed by atoms with van der Waals surface area (Å²) < 4.78 is 5.07. The molecule has 6 nitrogen and oxygen atoms in total. The molecule has 0 spiro atoms. The van der Waals surface area contributed by atoms with Crippen molar-refractivity contribution in [2.75, 3.05) is 7.11 Å². The average molecular weight is 294 g/mol. The van der Waals surface area contributed by atoms with E-state index in [4.69, 9.17) is 9.84 Å². The van der Waals surface area contributed by atoms with Crippen LogP contribution in [0.1, 0.15) is 38.3 Å². The van der Waals surface area contributed by atoms with Crippen molar-refractivity contribution in [2.45, 2.75) is 38.8 Å². The second-order valence-corrected chi connectivity index (χ2v) is 4.79. The van der Waals surface area contributed by atoms with Crippen molar-refractivity contribution in [3.8, 4) is 5.75 Å². The second kappa shape index (κ2) is 8.14. The number of aliphatic carboxylic acids is 1. The molecule has 0 aliphatic carbocycles. The van der Waals surface area contributed by atoms with Crippen molar-refractivity contribution >= 4 is 12.0 Å². The van der Waals surface area contributed by atoms with Crippen LogP contribution in [0.4, 0.5) is 4.79 Å². The lowest BCUT2D eigenvalue weighted by molar-refractivity contribution is -0.139. The number of carbonyl (C=O) groups excluding carboxylic acids is 1. The van der Waals surface area contributed by atoms with Gasteiger partial charge in [-0.05, 0) is 31.0 Å². The number of benzene rings is 1. The van der Waals surface area contributed by atoms with Gasteiger partial charge in [-0.2, -0.15) is 0 Å². The van der Waals surface area contributed by atoms with Gasteiger partial charge in [-0.3, -0.25) is 0 Å². The van der Waals surface area contributed by atoms with E-state index in [-0.39, 0.29) is 6.04 Å². The predicted octanol–water partition coefficient (Wildman–Crippen LogP) is 2.31. The number of nitrogens with one attached hydrogen (secondary N) is 2. The number of rotatable bonds is 7.